The van der Waals surface area contributed by atoms with Crippen LogP contribution in [-0.4, -0.2) is 17.4 Å². The summed E-state index contributed by atoms with van der Waals surface area (Å²) in [7, 11) is 2.02. The number of ether oxygens (including phenoxy) is 1. The summed E-state index contributed by atoms with van der Waals surface area (Å²) < 4.78 is 8.63. The molecule has 0 saturated carbocycles. The smallest absolute Gasteiger partial charge is 0.254 e. The summed E-state index contributed by atoms with van der Waals surface area (Å²) in [6.07, 6.45) is 20.0. The largest absolute Gasteiger partial charge is 0.493 e. The number of rotatable bonds is 19. The molecule has 0 fully saturated rings. The van der Waals surface area contributed by atoms with Gasteiger partial charge in [0.2, 0.25) is 0 Å². The second kappa shape index (κ2) is 18.5. The van der Waals surface area contributed by atoms with Crippen molar-refractivity contribution in [1.29, 1.82) is 0 Å². The summed E-state index contributed by atoms with van der Waals surface area (Å²) in [4.78, 5) is 15.7. The molecule has 0 saturated heterocycles. The summed E-state index contributed by atoms with van der Waals surface area (Å²) in [5.74, 6) is 0.975. The zero-order valence-corrected chi connectivity index (χ0v) is 27.7. The van der Waals surface area contributed by atoms with E-state index >= 15 is 0 Å². The molecule has 234 valence electrons. The van der Waals surface area contributed by atoms with Gasteiger partial charge < -0.3 is 9.64 Å². The van der Waals surface area contributed by atoms with Gasteiger partial charge in [-0.25, -0.2) is 4.57 Å². The molecule has 0 aliphatic rings. The number of pyridine rings is 1. The van der Waals surface area contributed by atoms with Crippen LogP contribution in [0.4, 0.5) is 0 Å². The topological polar surface area (TPSA) is 33.4 Å². The second-order valence-corrected chi connectivity index (χ2v) is 13.2. The first-order valence-electron chi connectivity index (χ1n) is 16.8. The Bertz CT molecular complexity index is 1220. The van der Waals surface area contributed by atoms with E-state index in [9.17, 15) is 4.79 Å². The van der Waals surface area contributed by atoms with Crippen molar-refractivity contribution in [3.05, 3.63) is 95.3 Å². The molecule has 4 heteroatoms. The Morgan fingerprint density at radius 3 is 1.98 bits per heavy atom. The summed E-state index contributed by atoms with van der Waals surface area (Å²) >= 11 is 0. The van der Waals surface area contributed by atoms with Gasteiger partial charge in [-0.2, -0.15) is 0 Å². The number of nitrogens with zero attached hydrogens (tertiary/aromatic N) is 2. The monoisotopic (exact) mass is 585 g/mol. The summed E-state index contributed by atoms with van der Waals surface area (Å²) in [6, 6.07) is 20.1. The SMILES string of the molecule is CCCCCCCCCCCCCCOc1c(CN(Cc2ccc[n+](C)c2)C(=O)c2ccccc2)cccc1C(C)(C)C. The standard InChI is InChI=1S/C39H57N2O2/c1-6-7-8-9-10-11-12-13-14-15-16-20-29-43-37-35(26-21-27-36(37)39(2,3)4)32-41(31-33-23-22-28-40(5)30-33)38(42)34-24-18-17-19-25-34/h17-19,21-28,30H,6-16,20,29,31-32H2,1-5H3/q+1. The number of benzene rings is 2. The van der Waals surface area contributed by atoms with E-state index < -0.39 is 0 Å². The van der Waals surface area contributed by atoms with Gasteiger partial charge in [0.15, 0.2) is 12.4 Å². The lowest BCUT2D eigenvalue weighted by molar-refractivity contribution is -0.672. The highest BCUT2D eigenvalue weighted by atomic mass is 16.5. The van der Waals surface area contributed by atoms with Crippen LogP contribution in [-0.2, 0) is 25.6 Å². The third-order valence-corrected chi connectivity index (χ3v) is 8.19. The molecule has 0 aliphatic heterocycles. The number of hydrogen-bond donors (Lipinski definition) is 0. The van der Waals surface area contributed by atoms with Crippen molar-refractivity contribution >= 4 is 5.91 Å². The minimum absolute atomic E-state index is 0.0279. The molecule has 1 amide bonds. The normalized spacial score (nSPS) is 11.5. The first kappa shape index (κ1) is 34.4. The first-order valence-corrected chi connectivity index (χ1v) is 16.8. The third-order valence-electron chi connectivity index (χ3n) is 8.19. The number of carbonyl (C=O) groups excluding carboxylic acids is 1. The summed E-state index contributed by atoms with van der Waals surface area (Å²) in [5.41, 5.74) is 4.00. The molecule has 0 bridgehead atoms. The van der Waals surface area contributed by atoms with Crippen LogP contribution < -0.4 is 9.30 Å². The van der Waals surface area contributed by atoms with E-state index in [-0.39, 0.29) is 11.3 Å². The van der Waals surface area contributed by atoms with E-state index in [1.807, 2.05) is 59.1 Å². The number of unbranched alkanes of at least 4 members (excludes halogenated alkanes) is 11. The molecule has 0 atom stereocenters. The zero-order valence-electron chi connectivity index (χ0n) is 27.7. The first-order chi connectivity index (χ1) is 20.8. The van der Waals surface area contributed by atoms with Crippen LogP contribution >= 0.6 is 0 Å². The van der Waals surface area contributed by atoms with Crippen molar-refractivity contribution in [3.63, 3.8) is 0 Å². The van der Waals surface area contributed by atoms with E-state index in [2.05, 4.69) is 58.2 Å². The van der Waals surface area contributed by atoms with Crippen LogP contribution in [0, 0.1) is 0 Å². The predicted octanol–water partition coefficient (Wildman–Crippen LogP) is 9.73. The highest BCUT2D eigenvalue weighted by Crippen LogP contribution is 2.35. The summed E-state index contributed by atoms with van der Waals surface area (Å²) in [5, 5.41) is 0. The number of aryl methyl sites for hydroxylation is 1. The molecular weight excluding hydrogens is 528 g/mol. The van der Waals surface area contributed by atoms with Gasteiger partial charge in [-0.3, -0.25) is 4.79 Å². The maximum Gasteiger partial charge on any atom is 0.254 e. The number of para-hydroxylation sites is 1. The fourth-order valence-electron chi connectivity index (χ4n) is 5.72. The molecule has 1 heterocycles. The zero-order chi connectivity index (χ0) is 30.9. The summed E-state index contributed by atoms with van der Waals surface area (Å²) in [6.45, 7) is 10.7. The van der Waals surface area contributed by atoms with Crippen molar-refractivity contribution in [2.75, 3.05) is 6.61 Å². The fraction of sp³-hybridized carbons (Fsp3) is 0.538. The Morgan fingerprint density at radius 2 is 1.37 bits per heavy atom. The van der Waals surface area contributed by atoms with Crippen molar-refractivity contribution < 1.29 is 14.1 Å². The van der Waals surface area contributed by atoms with Gasteiger partial charge in [-0.15, -0.1) is 0 Å². The molecule has 0 N–H and O–H groups in total. The van der Waals surface area contributed by atoms with Crippen LogP contribution in [0.25, 0.3) is 0 Å². The Labute approximate surface area is 262 Å². The highest BCUT2D eigenvalue weighted by molar-refractivity contribution is 5.94. The molecule has 0 aliphatic carbocycles. The molecule has 1 aromatic heterocycles. The minimum Gasteiger partial charge on any atom is -0.493 e. The van der Waals surface area contributed by atoms with Crippen molar-refractivity contribution in [1.82, 2.24) is 4.90 Å². The van der Waals surface area contributed by atoms with E-state index in [1.54, 1.807) is 0 Å². The molecule has 3 rings (SSSR count). The lowest BCUT2D eigenvalue weighted by Gasteiger charge is -2.28. The molecule has 0 radical (unpaired) electrons. The van der Waals surface area contributed by atoms with Gasteiger partial charge in [0, 0.05) is 29.3 Å². The maximum atomic E-state index is 13.8. The van der Waals surface area contributed by atoms with Gasteiger partial charge in [-0.05, 0) is 35.6 Å². The van der Waals surface area contributed by atoms with Gasteiger partial charge in [0.1, 0.15) is 12.8 Å². The van der Waals surface area contributed by atoms with E-state index in [4.69, 9.17) is 4.74 Å². The Hall–Kier alpha value is -3.14. The quantitative estimate of drug-likeness (QED) is 0.104. The second-order valence-electron chi connectivity index (χ2n) is 13.2. The van der Waals surface area contributed by atoms with E-state index in [0.29, 0.717) is 25.3 Å². The Balaban J connectivity index is 1.64. The van der Waals surface area contributed by atoms with Crippen LogP contribution in [0.3, 0.4) is 0 Å². The highest BCUT2D eigenvalue weighted by Gasteiger charge is 2.24. The Kier molecular flexibility index (Phi) is 14.8. The van der Waals surface area contributed by atoms with Gasteiger partial charge in [0.25, 0.3) is 5.91 Å². The lowest BCUT2D eigenvalue weighted by atomic mass is 9.85. The lowest BCUT2D eigenvalue weighted by Crippen LogP contribution is -2.33. The molecular formula is C39H57N2O2+. The van der Waals surface area contributed by atoms with E-state index in [0.717, 1.165) is 23.3 Å². The maximum absolute atomic E-state index is 13.8. The van der Waals surface area contributed by atoms with E-state index in [1.165, 1.54) is 76.2 Å². The van der Waals surface area contributed by atoms with Crippen LogP contribution in [0.2, 0.25) is 0 Å². The van der Waals surface area contributed by atoms with Crippen LogP contribution in [0.1, 0.15) is 132 Å². The average molecular weight is 586 g/mol. The predicted molar refractivity (Wildman–Crippen MR) is 179 cm³/mol. The number of carbonyl (C=O) groups is 1. The number of aromatic nitrogens is 1. The van der Waals surface area contributed by atoms with Crippen molar-refractivity contribution in [2.24, 2.45) is 7.05 Å². The molecule has 0 unspecified atom stereocenters. The number of amides is 1. The molecule has 43 heavy (non-hydrogen) atoms. The van der Waals surface area contributed by atoms with Crippen LogP contribution in [0.15, 0.2) is 73.1 Å². The van der Waals surface area contributed by atoms with Crippen molar-refractivity contribution in [2.45, 2.75) is 123 Å². The Morgan fingerprint density at radius 1 is 0.744 bits per heavy atom. The molecule has 2 aromatic carbocycles. The minimum atomic E-state index is -0.0661. The molecule has 3 aromatic rings. The van der Waals surface area contributed by atoms with Gasteiger partial charge in [0.05, 0.1) is 13.2 Å². The van der Waals surface area contributed by atoms with Gasteiger partial charge >= 0.3 is 0 Å². The molecule has 0 spiro atoms. The average Bonchev–Trinajstić information content (AvgIpc) is 2.99. The fourth-order valence-corrected chi connectivity index (χ4v) is 5.72. The molecule has 4 nitrogen and oxygen atoms in total. The van der Waals surface area contributed by atoms with Crippen LogP contribution in [0.5, 0.6) is 5.75 Å². The third kappa shape index (κ3) is 12.2. The van der Waals surface area contributed by atoms with Crippen molar-refractivity contribution in [3.8, 4) is 5.75 Å². The number of hydrogen-bond acceptors (Lipinski definition) is 2. The van der Waals surface area contributed by atoms with Gasteiger partial charge in [-0.1, -0.05) is 135 Å².